The third-order valence-electron chi connectivity index (χ3n) is 9.81. The summed E-state index contributed by atoms with van der Waals surface area (Å²) in [6.07, 6.45) is 7.66. The first-order chi connectivity index (χ1) is 22.7. The summed E-state index contributed by atoms with van der Waals surface area (Å²) in [4.78, 5) is 14.6. The van der Waals surface area contributed by atoms with E-state index in [1.54, 1.807) is 12.0 Å². The van der Waals surface area contributed by atoms with Crippen LogP contribution in [-0.2, 0) is 39.4 Å². The van der Waals surface area contributed by atoms with Crippen molar-refractivity contribution in [3.05, 3.63) is 22.8 Å². The number of nitrogens with zero attached hydrogens (tertiary/aromatic N) is 3. The fourth-order valence-electron chi connectivity index (χ4n) is 6.64. The maximum Gasteiger partial charge on any atom is 0.495 e. The number of likely N-dealkylation sites (tertiary alicyclic amines) is 1. The Bertz CT molecular complexity index is 1370. The van der Waals surface area contributed by atoms with Gasteiger partial charge in [-0.3, -0.25) is 0 Å². The van der Waals surface area contributed by atoms with Gasteiger partial charge in [0.2, 0.25) is 0 Å². The Morgan fingerprint density at radius 1 is 1.12 bits per heavy atom. The molecular weight excluding hydrogens is 637 g/mol. The van der Waals surface area contributed by atoms with Crippen LogP contribution in [0.15, 0.2) is 12.3 Å². The summed E-state index contributed by atoms with van der Waals surface area (Å²) in [5.74, 6) is 0.129. The summed E-state index contributed by atoms with van der Waals surface area (Å²) in [6.45, 7) is 16.9. The molecule has 0 saturated carbocycles. The van der Waals surface area contributed by atoms with E-state index in [9.17, 15) is 4.79 Å². The monoisotopic (exact) mass is 691 g/mol. The van der Waals surface area contributed by atoms with E-state index in [4.69, 9.17) is 49.7 Å². The molecule has 3 saturated heterocycles. The van der Waals surface area contributed by atoms with Gasteiger partial charge in [-0.1, -0.05) is 11.6 Å². The number of carbonyl (C=O) groups excluding carboxylic acids is 1. The van der Waals surface area contributed by atoms with Crippen LogP contribution < -0.4 is 5.46 Å². The Labute approximate surface area is 291 Å². The molecule has 1 aromatic heterocycles. The average Bonchev–Trinajstić information content (AvgIpc) is 3.52. The molecule has 48 heavy (non-hydrogen) atoms. The van der Waals surface area contributed by atoms with E-state index in [0.717, 1.165) is 73.5 Å². The Morgan fingerprint density at radius 2 is 1.88 bits per heavy atom. The summed E-state index contributed by atoms with van der Waals surface area (Å²) in [6, 6.07) is 2.02. The highest BCUT2D eigenvalue weighted by Gasteiger charge is 2.53. The molecule has 268 valence electrons. The number of amides is 1. The molecule has 4 heterocycles. The molecule has 1 unspecified atom stereocenters. The molecular formula is C35H55BClN3O8. The first kappa shape index (κ1) is 37.3. The minimum Gasteiger partial charge on any atom is -0.444 e. The SMILES string of the molecule is COCO[C@H]1C[C@@H](COCCCCc2c(Cl)cc3c(cnn3C3CCCCO3)c2B2OC(C)(C)C(C)(C)O2)CN(C(=O)OC(C)(C)C)C1. The van der Waals surface area contributed by atoms with Gasteiger partial charge >= 0.3 is 13.2 Å². The Balaban J connectivity index is 1.23. The summed E-state index contributed by atoms with van der Waals surface area (Å²) < 4.78 is 44.0. The predicted octanol–water partition coefficient (Wildman–Crippen LogP) is 6.27. The molecule has 0 spiro atoms. The van der Waals surface area contributed by atoms with Gasteiger partial charge in [-0.2, -0.15) is 5.10 Å². The number of hydrogen-bond donors (Lipinski definition) is 0. The Hall–Kier alpha value is -1.93. The van der Waals surface area contributed by atoms with Crippen LogP contribution in [0.5, 0.6) is 0 Å². The number of halogens is 1. The number of ether oxygens (including phenoxy) is 5. The predicted molar refractivity (Wildman–Crippen MR) is 186 cm³/mol. The van der Waals surface area contributed by atoms with Crippen molar-refractivity contribution in [3.8, 4) is 0 Å². The van der Waals surface area contributed by atoms with Gasteiger partial charge in [0.05, 0.1) is 42.2 Å². The summed E-state index contributed by atoms with van der Waals surface area (Å²) in [7, 11) is 1.03. The zero-order chi connectivity index (χ0) is 34.7. The topological polar surface area (TPSA) is 103 Å². The third-order valence-corrected chi connectivity index (χ3v) is 10.1. The van der Waals surface area contributed by atoms with Crippen LogP contribution in [0, 0.1) is 5.92 Å². The molecule has 11 nitrogen and oxygen atoms in total. The van der Waals surface area contributed by atoms with E-state index in [0.29, 0.717) is 31.3 Å². The van der Waals surface area contributed by atoms with Gasteiger partial charge in [-0.05, 0) is 111 Å². The van der Waals surface area contributed by atoms with E-state index >= 15 is 0 Å². The number of benzene rings is 1. The normalized spacial score (nSPS) is 24.4. The van der Waals surface area contributed by atoms with Gasteiger partial charge < -0.3 is 37.9 Å². The van der Waals surface area contributed by atoms with Gasteiger partial charge in [0.15, 0.2) is 6.23 Å². The highest BCUT2D eigenvalue weighted by molar-refractivity contribution is 6.66. The third kappa shape index (κ3) is 8.86. The van der Waals surface area contributed by atoms with Crippen molar-refractivity contribution in [3.63, 3.8) is 0 Å². The molecule has 0 bridgehead atoms. The van der Waals surface area contributed by atoms with Crippen molar-refractivity contribution in [1.82, 2.24) is 14.7 Å². The van der Waals surface area contributed by atoms with Gasteiger partial charge in [-0.15, -0.1) is 0 Å². The van der Waals surface area contributed by atoms with Crippen LogP contribution in [0.3, 0.4) is 0 Å². The van der Waals surface area contributed by atoms with Gasteiger partial charge in [0, 0.05) is 43.2 Å². The number of piperidine rings is 1. The summed E-state index contributed by atoms with van der Waals surface area (Å²) in [5, 5.41) is 6.44. The fourth-order valence-corrected chi connectivity index (χ4v) is 6.94. The number of aromatic nitrogens is 2. The molecule has 13 heteroatoms. The second kappa shape index (κ2) is 15.5. The molecule has 0 radical (unpaired) electrons. The van der Waals surface area contributed by atoms with Crippen molar-refractivity contribution in [1.29, 1.82) is 0 Å². The van der Waals surface area contributed by atoms with Crippen LogP contribution in [-0.4, -0.2) is 97.6 Å². The molecule has 3 atom stereocenters. The molecule has 0 N–H and O–H groups in total. The van der Waals surface area contributed by atoms with Crippen molar-refractivity contribution < 1.29 is 37.8 Å². The minimum atomic E-state index is -0.570. The quantitative estimate of drug-likeness (QED) is 0.145. The lowest BCUT2D eigenvalue weighted by molar-refractivity contribution is -0.106. The fraction of sp³-hybridized carbons (Fsp3) is 0.771. The van der Waals surface area contributed by atoms with Crippen LogP contribution >= 0.6 is 11.6 Å². The summed E-state index contributed by atoms with van der Waals surface area (Å²) in [5.41, 5.74) is 1.35. The lowest BCUT2D eigenvalue weighted by atomic mass is 9.73. The molecule has 1 amide bonds. The van der Waals surface area contributed by atoms with E-state index in [1.165, 1.54) is 0 Å². The average molecular weight is 692 g/mol. The molecule has 1 aromatic carbocycles. The lowest BCUT2D eigenvalue weighted by Crippen LogP contribution is -2.49. The highest BCUT2D eigenvalue weighted by Crippen LogP contribution is 2.39. The number of rotatable bonds is 12. The van der Waals surface area contributed by atoms with Crippen molar-refractivity contribution in [2.24, 2.45) is 5.92 Å². The lowest BCUT2D eigenvalue weighted by Gasteiger charge is -2.38. The van der Waals surface area contributed by atoms with Crippen LogP contribution in [0.2, 0.25) is 5.02 Å². The first-order valence-corrected chi connectivity index (χ1v) is 17.9. The number of methoxy groups -OCH3 is 1. The zero-order valence-corrected chi connectivity index (χ0v) is 30.9. The minimum absolute atomic E-state index is 0.108. The number of fused-ring (bicyclic) bond motifs is 1. The maximum atomic E-state index is 12.8. The summed E-state index contributed by atoms with van der Waals surface area (Å²) >= 11 is 7.08. The maximum absolute atomic E-state index is 12.8. The first-order valence-electron chi connectivity index (χ1n) is 17.5. The Morgan fingerprint density at radius 3 is 2.54 bits per heavy atom. The van der Waals surface area contributed by atoms with Crippen molar-refractivity contribution >= 4 is 41.2 Å². The van der Waals surface area contributed by atoms with Gasteiger partial charge in [0.1, 0.15) is 12.4 Å². The van der Waals surface area contributed by atoms with E-state index < -0.39 is 23.9 Å². The second-order valence-electron chi connectivity index (χ2n) is 15.4. The van der Waals surface area contributed by atoms with Gasteiger partial charge in [-0.25, -0.2) is 9.48 Å². The molecule has 2 aromatic rings. The molecule has 5 rings (SSSR count). The van der Waals surface area contributed by atoms with E-state index in [1.807, 2.05) is 37.7 Å². The smallest absolute Gasteiger partial charge is 0.444 e. The standard InChI is InChI=1S/C35H55BClN3O8/c1-33(2,3)46-32(41)39-20-24(17-25(21-39)45-23-42-8)22-43-15-11-9-13-26-28(37)18-29-27(19-38-40(29)30-14-10-12-16-44-30)31(26)36-47-34(4,5)35(6,7)48-36/h18-19,24-25,30H,9-17,20-23H2,1-8H3/t24-,25+,30?/m1/s1. The van der Waals surface area contributed by atoms with Crippen molar-refractivity contribution in [2.45, 2.75) is 123 Å². The highest BCUT2D eigenvalue weighted by atomic mass is 35.5. The molecule has 3 fully saturated rings. The second-order valence-corrected chi connectivity index (χ2v) is 15.8. The largest absolute Gasteiger partial charge is 0.495 e. The number of hydrogen-bond acceptors (Lipinski definition) is 9. The number of unbranched alkanes of at least 4 members (excludes halogenated alkanes) is 1. The zero-order valence-electron chi connectivity index (χ0n) is 30.1. The molecule has 0 aliphatic carbocycles. The van der Waals surface area contributed by atoms with Crippen LogP contribution in [0.1, 0.15) is 98.8 Å². The van der Waals surface area contributed by atoms with Crippen LogP contribution in [0.25, 0.3) is 10.9 Å². The van der Waals surface area contributed by atoms with Crippen molar-refractivity contribution in [2.75, 3.05) is 46.8 Å². The Kier molecular flexibility index (Phi) is 12.1. The van der Waals surface area contributed by atoms with E-state index in [-0.39, 0.29) is 31.1 Å². The van der Waals surface area contributed by atoms with Crippen LogP contribution in [0.4, 0.5) is 4.79 Å². The molecule has 3 aliphatic rings. The van der Waals surface area contributed by atoms with E-state index in [2.05, 4.69) is 27.7 Å². The number of carbonyl (C=O) groups is 1. The molecule has 3 aliphatic heterocycles. The van der Waals surface area contributed by atoms with Gasteiger partial charge in [0.25, 0.3) is 0 Å².